The normalized spacial score (nSPS) is 11.0. The molecule has 0 saturated carbocycles. The Morgan fingerprint density at radius 2 is 1.95 bits per heavy atom. The smallest absolute Gasteiger partial charge is 0.167 e. The molecular weight excluding hydrogens is 296 g/mol. The van der Waals surface area contributed by atoms with Crippen LogP contribution in [-0.4, -0.2) is 18.3 Å². The lowest BCUT2D eigenvalue weighted by atomic mass is 10.3. The number of nitrogens with zero attached hydrogens (tertiary/aromatic N) is 2. The van der Waals surface area contributed by atoms with Gasteiger partial charge in [-0.15, -0.1) is 0 Å². The molecule has 0 fully saturated rings. The Kier molecular flexibility index (Phi) is 4.56. The Balaban J connectivity index is 1.67. The maximum atomic E-state index is 5.70. The number of hydrogen-bond acceptors (Lipinski definition) is 5. The van der Waals surface area contributed by atoms with Gasteiger partial charge in [-0.05, 0) is 60.3 Å². The number of rotatable bonds is 5. The van der Waals surface area contributed by atoms with Gasteiger partial charge >= 0.3 is 0 Å². The van der Waals surface area contributed by atoms with E-state index in [4.69, 9.17) is 9.15 Å². The summed E-state index contributed by atoms with van der Waals surface area (Å²) in [4.78, 5) is 8.62. The van der Waals surface area contributed by atoms with Gasteiger partial charge in [0.15, 0.2) is 5.09 Å². The lowest BCUT2D eigenvalue weighted by Gasteiger charge is -1.98. The molecule has 4 nitrogen and oxygen atoms in total. The number of methoxy groups -OCH3 is 1. The van der Waals surface area contributed by atoms with E-state index in [9.17, 15) is 0 Å². The minimum Gasteiger partial charge on any atom is -0.497 e. The highest BCUT2D eigenvalue weighted by Gasteiger charge is 2.03. The van der Waals surface area contributed by atoms with Crippen molar-refractivity contribution >= 4 is 23.7 Å². The Morgan fingerprint density at radius 3 is 2.68 bits per heavy atom. The maximum absolute atomic E-state index is 5.70. The van der Waals surface area contributed by atoms with E-state index in [0.29, 0.717) is 5.76 Å². The van der Waals surface area contributed by atoms with Crippen molar-refractivity contribution in [1.82, 2.24) is 4.98 Å². The molecule has 2 heterocycles. The summed E-state index contributed by atoms with van der Waals surface area (Å²) in [7, 11) is 1.64. The molecule has 3 rings (SSSR count). The lowest BCUT2D eigenvalue weighted by molar-refractivity contribution is 0.415. The van der Waals surface area contributed by atoms with Gasteiger partial charge in [0, 0.05) is 6.20 Å². The molecule has 0 N–H and O–H groups in total. The molecule has 1 aromatic carbocycles. The maximum Gasteiger partial charge on any atom is 0.167 e. The second-order valence-corrected chi connectivity index (χ2v) is 5.41. The van der Waals surface area contributed by atoms with Gasteiger partial charge in [0.2, 0.25) is 0 Å². The molecule has 0 unspecified atom stereocenters. The zero-order valence-electron chi connectivity index (χ0n) is 12.0. The van der Waals surface area contributed by atoms with Gasteiger partial charge in [0.25, 0.3) is 0 Å². The fraction of sp³-hybridized carbons (Fsp3) is 0.0588. The summed E-state index contributed by atoms with van der Waals surface area (Å²) in [6.45, 7) is 0. The first kappa shape index (κ1) is 14.4. The molecular formula is C17H14N2O2S. The van der Waals surface area contributed by atoms with Gasteiger partial charge < -0.3 is 9.15 Å². The van der Waals surface area contributed by atoms with E-state index in [1.54, 1.807) is 19.5 Å². The third kappa shape index (κ3) is 3.77. The molecule has 0 aliphatic heterocycles. The van der Waals surface area contributed by atoms with Crippen molar-refractivity contribution < 1.29 is 9.15 Å². The lowest BCUT2D eigenvalue weighted by Crippen LogP contribution is -1.80. The third-order valence-electron chi connectivity index (χ3n) is 2.86. The number of furan rings is 1. The molecule has 0 aliphatic carbocycles. The van der Waals surface area contributed by atoms with Crippen LogP contribution in [0.1, 0.15) is 5.76 Å². The molecule has 0 spiro atoms. The van der Waals surface area contributed by atoms with Crippen LogP contribution in [0.3, 0.4) is 0 Å². The van der Waals surface area contributed by atoms with Gasteiger partial charge in [0.05, 0.1) is 19.0 Å². The quantitative estimate of drug-likeness (QED) is 0.647. The molecule has 0 bridgehead atoms. The first-order chi connectivity index (χ1) is 10.8. The summed E-state index contributed by atoms with van der Waals surface area (Å²) in [6.07, 6.45) is 3.46. The third-order valence-corrected chi connectivity index (χ3v) is 3.73. The summed E-state index contributed by atoms with van der Waals surface area (Å²) in [5.41, 5.74) is 0.844. The van der Waals surface area contributed by atoms with Crippen LogP contribution in [0, 0.1) is 0 Å². The Bertz CT molecular complexity index is 752. The molecule has 22 heavy (non-hydrogen) atoms. The molecule has 0 saturated heterocycles. The summed E-state index contributed by atoms with van der Waals surface area (Å²) in [5, 5.41) is 1.69. The van der Waals surface area contributed by atoms with Crippen LogP contribution in [0.4, 0.5) is 5.69 Å². The highest BCUT2D eigenvalue weighted by atomic mass is 32.2. The Labute approximate surface area is 132 Å². The van der Waals surface area contributed by atoms with Crippen molar-refractivity contribution in [3.8, 4) is 5.75 Å². The number of ether oxygens (including phenoxy) is 1. The number of benzene rings is 1. The molecule has 0 aliphatic rings. The van der Waals surface area contributed by atoms with Crippen molar-refractivity contribution in [2.75, 3.05) is 7.11 Å². The van der Waals surface area contributed by atoms with Gasteiger partial charge in [-0.25, -0.2) is 4.98 Å². The highest BCUT2D eigenvalue weighted by Crippen LogP contribution is 2.27. The van der Waals surface area contributed by atoms with E-state index < -0.39 is 0 Å². The molecule has 3 aromatic rings. The van der Waals surface area contributed by atoms with E-state index >= 15 is 0 Å². The number of pyridine rings is 1. The SMILES string of the molecule is COc1ccc(N=Cc2ccc(Sc3ccccn3)o2)cc1. The summed E-state index contributed by atoms with van der Waals surface area (Å²) >= 11 is 1.48. The summed E-state index contributed by atoms with van der Waals surface area (Å²) < 4.78 is 10.8. The topological polar surface area (TPSA) is 47.6 Å². The van der Waals surface area contributed by atoms with E-state index in [1.807, 2.05) is 54.6 Å². The summed E-state index contributed by atoms with van der Waals surface area (Å²) in [6, 6.07) is 17.1. The predicted molar refractivity (Wildman–Crippen MR) is 87.3 cm³/mol. The van der Waals surface area contributed by atoms with Crippen molar-refractivity contribution in [1.29, 1.82) is 0 Å². The zero-order valence-corrected chi connectivity index (χ0v) is 12.8. The number of hydrogen-bond donors (Lipinski definition) is 0. The monoisotopic (exact) mass is 310 g/mol. The minimum atomic E-state index is 0.703. The van der Waals surface area contributed by atoms with Crippen LogP contribution in [0.2, 0.25) is 0 Å². The van der Waals surface area contributed by atoms with E-state index in [-0.39, 0.29) is 0 Å². The minimum absolute atomic E-state index is 0.703. The molecule has 2 aromatic heterocycles. The molecule has 0 atom stereocenters. The van der Waals surface area contributed by atoms with E-state index in [0.717, 1.165) is 21.6 Å². The highest BCUT2D eigenvalue weighted by molar-refractivity contribution is 7.99. The van der Waals surface area contributed by atoms with Gasteiger partial charge in [-0.3, -0.25) is 4.99 Å². The van der Waals surface area contributed by atoms with Crippen LogP contribution >= 0.6 is 11.8 Å². The average Bonchev–Trinajstić information content (AvgIpc) is 3.02. The first-order valence-corrected chi connectivity index (χ1v) is 7.52. The predicted octanol–water partition coefficient (Wildman–Crippen LogP) is 4.59. The Morgan fingerprint density at radius 1 is 1.09 bits per heavy atom. The average molecular weight is 310 g/mol. The van der Waals surface area contributed by atoms with Crippen molar-refractivity contribution in [2.24, 2.45) is 4.99 Å². The fourth-order valence-corrected chi connectivity index (χ4v) is 2.52. The van der Waals surface area contributed by atoms with Gasteiger partial charge in [-0.1, -0.05) is 6.07 Å². The second kappa shape index (κ2) is 6.95. The van der Waals surface area contributed by atoms with Crippen LogP contribution in [0.5, 0.6) is 5.75 Å². The largest absolute Gasteiger partial charge is 0.497 e. The van der Waals surface area contributed by atoms with Crippen molar-refractivity contribution in [2.45, 2.75) is 10.1 Å². The molecule has 0 amide bonds. The Hall–Kier alpha value is -2.53. The molecule has 110 valence electrons. The molecule has 5 heteroatoms. The molecule has 0 radical (unpaired) electrons. The van der Waals surface area contributed by atoms with Crippen molar-refractivity contribution in [3.05, 3.63) is 66.6 Å². The van der Waals surface area contributed by atoms with Crippen LogP contribution in [-0.2, 0) is 0 Å². The first-order valence-electron chi connectivity index (χ1n) is 6.70. The van der Waals surface area contributed by atoms with Crippen LogP contribution in [0.25, 0.3) is 0 Å². The van der Waals surface area contributed by atoms with Crippen LogP contribution in [0.15, 0.2) is 80.3 Å². The van der Waals surface area contributed by atoms with Crippen molar-refractivity contribution in [3.63, 3.8) is 0 Å². The van der Waals surface area contributed by atoms with Gasteiger partial charge in [0.1, 0.15) is 16.5 Å². The van der Waals surface area contributed by atoms with E-state index in [2.05, 4.69) is 9.98 Å². The summed E-state index contributed by atoms with van der Waals surface area (Å²) in [5.74, 6) is 1.51. The van der Waals surface area contributed by atoms with E-state index in [1.165, 1.54) is 11.8 Å². The standard InChI is InChI=1S/C17H14N2O2S/c1-20-14-7-5-13(6-8-14)19-12-15-9-10-17(21-15)22-16-4-2-3-11-18-16/h2-12H,1H3. The van der Waals surface area contributed by atoms with Gasteiger partial charge in [-0.2, -0.15) is 0 Å². The van der Waals surface area contributed by atoms with Crippen LogP contribution < -0.4 is 4.74 Å². The fourth-order valence-electron chi connectivity index (χ4n) is 1.78. The second-order valence-electron chi connectivity index (χ2n) is 4.38. The number of aliphatic imine (C=N–C) groups is 1. The number of aromatic nitrogens is 1. The zero-order chi connectivity index (χ0) is 15.2.